The molecule has 0 radical (unpaired) electrons. The van der Waals surface area contributed by atoms with Crippen molar-refractivity contribution in [2.24, 2.45) is 20.0 Å². The number of carboxylic acid groups (broad SMARTS) is 4. The van der Waals surface area contributed by atoms with Gasteiger partial charge in [-0.2, -0.15) is 0 Å². The maximum atomic E-state index is 13.9. The molecule has 12 heterocycles. The number of piperazine rings is 1. The average molecular weight is 2190 g/mol. The van der Waals surface area contributed by atoms with Gasteiger partial charge in [0.05, 0.1) is 74.1 Å². The van der Waals surface area contributed by atoms with Gasteiger partial charge in [0, 0.05) is 152 Å². The largest absolute Gasteiger partial charge is 0.480 e. The third kappa shape index (κ3) is 25.7. The van der Waals surface area contributed by atoms with Gasteiger partial charge < -0.3 is 75.0 Å². The quantitative estimate of drug-likeness (QED) is 0.0128. The Kier molecular flexibility index (Phi) is 36.3. The van der Waals surface area contributed by atoms with E-state index < -0.39 is 125 Å². The molecule has 8 unspecified atom stereocenters. The molecule has 35 nitrogen and oxygen atoms in total. The molecule has 8 aliphatic heterocycles. The van der Waals surface area contributed by atoms with E-state index in [1.165, 1.54) is 93.9 Å². The molecule has 8 N–H and O–H groups in total. The Labute approximate surface area is 835 Å². The summed E-state index contributed by atoms with van der Waals surface area (Å²) < 4.78 is 89.2. The van der Waals surface area contributed by atoms with Crippen molar-refractivity contribution in [3.8, 4) is 0 Å². The zero-order chi connectivity index (χ0) is 98.9. The van der Waals surface area contributed by atoms with Gasteiger partial charge in [0.15, 0.2) is 43.4 Å². The minimum absolute atomic E-state index is 0.00893. The first-order valence-electron chi connectivity index (χ1n) is 43.3. The van der Waals surface area contributed by atoms with Crippen molar-refractivity contribution < 1.29 is 105 Å². The van der Waals surface area contributed by atoms with Crippen LogP contribution in [0.2, 0.25) is 5.02 Å². The molecular formula is C91H95Br3ClF4N17O18S4. The summed E-state index contributed by atoms with van der Waals surface area (Å²) in [6.45, 7) is 14.9. The lowest BCUT2D eigenvalue weighted by atomic mass is 9.94. The Morgan fingerprint density at radius 1 is 0.449 bits per heavy atom. The fraction of sp³-hybridized carbons (Fsp3) is 0.385. The van der Waals surface area contributed by atoms with Crippen molar-refractivity contribution in [3.05, 3.63) is 248 Å². The number of esters is 4. The number of carbonyl (C=O) groups is 8. The predicted octanol–water partition coefficient (Wildman–Crippen LogP) is 12.3. The number of thiazole rings is 4. The number of amidine groups is 4. The van der Waals surface area contributed by atoms with Crippen LogP contribution in [0.3, 0.4) is 0 Å². The Bertz CT molecular complexity index is 6100. The predicted molar refractivity (Wildman–Crippen MR) is 516 cm³/mol. The number of nitrogens with zero attached hydrogens (tertiary/aromatic N) is 13. The van der Waals surface area contributed by atoms with Crippen molar-refractivity contribution in [2.75, 3.05) is 119 Å². The molecule has 4 saturated heterocycles. The first-order valence-corrected chi connectivity index (χ1v) is 49.6. The van der Waals surface area contributed by atoms with Crippen LogP contribution in [0.15, 0.2) is 198 Å². The number of aliphatic imine (C=N–C) groups is 4. The van der Waals surface area contributed by atoms with E-state index in [4.69, 9.17) is 60.0 Å². The number of likely N-dealkylation sites (tertiary alicyclic amines) is 1. The van der Waals surface area contributed by atoms with Crippen molar-refractivity contribution in [1.82, 2.24) is 65.7 Å². The maximum absolute atomic E-state index is 13.9. The molecular weight excluding hydrogens is 2100 g/mol. The molecule has 4 aromatic heterocycles. The second kappa shape index (κ2) is 47.9. The zero-order valence-corrected chi connectivity index (χ0v) is 83.9. The molecule has 0 saturated carbocycles. The molecule has 16 rings (SSSR count). The number of likely N-dealkylation sites (N-methyl/N-ethyl adjacent to an activating group) is 1. The second-order valence-electron chi connectivity index (χ2n) is 32.3. The number of nitrogens with one attached hydrogen (secondary N) is 4. The van der Waals surface area contributed by atoms with Crippen LogP contribution >= 0.6 is 105 Å². The Hall–Kier alpha value is -10.8. The monoisotopic (exact) mass is 2190 g/mol. The van der Waals surface area contributed by atoms with Gasteiger partial charge in [-0.1, -0.05) is 83.7 Å². The summed E-state index contributed by atoms with van der Waals surface area (Å²) in [5.74, 6) is -6.32. The fourth-order valence-corrected chi connectivity index (χ4v) is 20.6. The van der Waals surface area contributed by atoms with Crippen LogP contribution in [-0.4, -0.2) is 284 Å². The number of morpholine rings is 2. The zero-order valence-electron chi connectivity index (χ0n) is 75.1. The van der Waals surface area contributed by atoms with Crippen LogP contribution in [0, 0.1) is 23.3 Å². The lowest BCUT2D eigenvalue weighted by Gasteiger charge is -2.42. The normalized spacial score (nSPS) is 21.4. The summed E-state index contributed by atoms with van der Waals surface area (Å²) in [6, 6.07) is 9.92. The van der Waals surface area contributed by atoms with Crippen molar-refractivity contribution in [1.29, 1.82) is 0 Å². The molecule has 8 aromatic rings. The molecule has 732 valence electrons. The highest BCUT2D eigenvalue weighted by molar-refractivity contribution is 9.11. The molecule has 0 bridgehead atoms. The molecule has 8 atom stereocenters. The number of halogens is 8. The molecule has 0 aliphatic carbocycles. The van der Waals surface area contributed by atoms with Crippen molar-refractivity contribution in [3.63, 3.8) is 0 Å². The van der Waals surface area contributed by atoms with Gasteiger partial charge in [-0.3, -0.25) is 58.7 Å². The summed E-state index contributed by atoms with van der Waals surface area (Å²) >= 11 is 22.1. The van der Waals surface area contributed by atoms with Crippen LogP contribution in [-0.2, 0) is 66.8 Å². The molecule has 8 aliphatic rings. The van der Waals surface area contributed by atoms with Gasteiger partial charge in [-0.25, -0.2) is 56.7 Å². The van der Waals surface area contributed by atoms with E-state index in [0.717, 1.165) is 12.5 Å². The summed E-state index contributed by atoms with van der Waals surface area (Å²) in [6.07, 6.45) is 7.85. The lowest BCUT2D eigenvalue weighted by molar-refractivity contribution is -0.161. The number of carbonyl (C=O) groups excluding carboxylic acids is 4. The number of aliphatic carboxylic acids is 4. The Morgan fingerprint density at radius 2 is 0.775 bits per heavy atom. The van der Waals surface area contributed by atoms with Crippen molar-refractivity contribution in [2.45, 2.75) is 108 Å². The van der Waals surface area contributed by atoms with Crippen LogP contribution in [0.4, 0.5) is 17.6 Å². The third-order valence-corrected chi connectivity index (χ3v) is 28.1. The second-order valence-corrected chi connectivity index (χ2v) is 38.8. The van der Waals surface area contributed by atoms with Gasteiger partial charge in [0.2, 0.25) is 0 Å². The van der Waals surface area contributed by atoms with Crippen molar-refractivity contribution >= 4 is 176 Å². The highest BCUT2D eigenvalue weighted by Gasteiger charge is 2.45. The average Bonchev–Trinajstić information content (AvgIpc) is 1.08. The Balaban J connectivity index is 0.000000155. The first-order chi connectivity index (χ1) is 66.1. The van der Waals surface area contributed by atoms with Gasteiger partial charge in [-0.05, 0) is 133 Å². The number of hydrogen-bond acceptors (Lipinski definition) is 35. The highest BCUT2D eigenvalue weighted by Crippen LogP contribution is 2.44. The van der Waals surface area contributed by atoms with E-state index in [2.05, 4.69) is 89.0 Å². The number of rotatable bonds is 28. The highest BCUT2D eigenvalue weighted by atomic mass is 79.9. The topological polar surface area (TPSA) is 438 Å². The van der Waals surface area contributed by atoms with E-state index >= 15 is 0 Å². The van der Waals surface area contributed by atoms with E-state index in [-0.39, 0.29) is 93.1 Å². The molecule has 4 fully saturated rings. The summed E-state index contributed by atoms with van der Waals surface area (Å²) in [4.78, 5) is 146. The molecule has 47 heteroatoms. The van der Waals surface area contributed by atoms with E-state index in [9.17, 15) is 76.3 Å². The van der Waals surface area contributed by atoms with Gasteiger partial charge in [-0.15, -0.1) is 45.3 Å². The van der Waals surface area contributed by atoms with Crippen LogP contribution in [0.25, 0.3) is 0 Å². The number of carboxylic acids is 4. The fourth-order valence-electron chi connectivity index (χ4n) is 16.3. The summed E-state index contributed by atoms with van der Waals surface area (Å²) in [5.41, 5.74) is 4.30. The van der Waals surface area contributed by atoms with Crippen LogP contribution in [0.5, 0.6) is 0 Å². The van der Waals surface area contributed by atoms with Crippen LogP contribution < -0.4 is 21.3 Å². The minimum Gasteiger partial charge on any atom is -0.480 e. The number of ether oxygens (including phenoxy) is 6. The number of benzene rings is 4. The number of hydrogen-bond donors (Lipinski definition) is 8. The molecule has 0 amide bonds. The molecule has 4 aromatic carbocycles. The van der Waals surface area contributed by atoms with Gasteiger partial charge >= 0.3 is 47.8 Å². The standard InChI is InChI=1S/C24H26ClFN4O5S.C23H25BrFN5O4S.C22H22BrFN4O5S.C22H22BrFN4O4S/c1-4-34-23(33)18-16(10-30-12-24(2,3)35-11-17(30)22(31)32)28-20(21-27-7-8-36-21)29-19(18)14-6-5-13(26)9-15(14)25;1-3-34-23(33)18-16(11-30-8-7-29(2)12-17(30)22(31)32)27-20(21-26-6-9-35-21)28-19(18)14-5-4-13(25)10-15(14)24;1-2-33-22(31)17-15(10-28-6-7-32-11-16(28)21(29)30)26-19(20-25-5-8-34-20)27-18(17)13-4-3-12(24)9-14(13)23;1-2-32-22(31)17-15(11-28-8-3-4-16(28)21(29)30)26-19(20-25-7-9-33-20)27-18(17)13-6-5-12(24)10-14(13)23/h5-9,17,19H,4,10-12H2,1-3H3,(H,28,29)(H,31,32);4-6,9-10,17,19H,3,7-8,11-12H2,1-2H3,(H,27,28)(H,31,32);3-5,8-9,16,18H,2,6-7,10-11H2,1H3,(H,26,27)(H,29,30);5-7,9-10,16,18H,2-4,8,11H2,1H3,(H,26,27)(H,29,30). The maximum Gasteiger partial charge on any atom is 0.338 e. The van der Waals surface area contributed by atoms with E-state index in [0.29, 0.717) is 154 Å². The summed E-state index contributed by atoms with van der Waals surface area (Å²) in [7, 11) is 1.88. The van der Waals surface area contributed by atoms with Gasteiger partial charge in [0.25, 0.3) is 0 Å². The first kappa shape index (κ1) is 105. The smallest absolute Gasteiger partial charge is 0.338 e. The minimum atomic E-state index is -1.04. The third-order valence-electron chi connectivity index (χ3n) is 22.6. The molecule has 0 spiro atoms. The summed E-state index contributed by atoms with van der Waals surface area (Å²) in [5, 5.41) is 61.5. The van der Waals surface area contributed by atoms with E-state index in [1.807, 2.05) is 46.4 Å². The van der Waals surface area contributed by atoms with Crippen LogP contribution in [0.1, 0.15) is 121 Å². The van der Waals surface area contributed by atoms with Gasteiger partial charge in [0.1, 0.15) is 71.6 Å². The van der Waals surface area contributed by atoms with E-state index in [1.54, 1.807) is 91.2 Å². The lowest BCUT2D eigenvalue weighted by Crippen LogP contribution is -2.58. The molecule has 138 heavy (non-hydrogen) atoms. The Morgan fingerprint density at radius 3 is 1.11 bits per heavy atom. The SMILES string of the molecule is CCOC(=O)C1=C(CN2CC(C)(C)OCC2C(=O)O)NC(c2nccs2)=NC1c1ccc(F)cc1Cl.CCOC(=O)C1=C(CN2CCCC2C(=O)O)NC(c2nccs2)=NC1c1ccc(F)cc1Br.CCOC(=O)C1=C(CN2CCN(C)CC2C(=O)O)NC(c2nccs2)=NC1c1ccc(F)cc1Br.CCOC(=O)C1=C(CN2CCOCC2C(=O)O)NC(c2nccs2)=NC1c1ccc(F)cc1Br. The number of aromatic nitrogens is 4.